The smallest absolute Gasteiger partial charge is 0.227 e. The minimum Gasteiger partial charge on any atom is -0.339 e. The molecule has 1 aromatic rings. The lowest BCUT2D eigenvalue weighted by Crippen LogP contribution is -2.53. The fourth-order valence-electron chi connectivity index (χ4n) is 3.78. The van der Waals surface area contributed by atoms with Gasteiger partial charge in [-0.2, -0.15) is 0 Å². The third-order valence-electron chi connectivity index (χ3n) is 5.39. The molecule has 2 amide bonds. The van der Waals surface area contributed by atoms with E-state index in [0.29, 0.717) is 38.6 Å². The number of carbonyl (C=O) groups is 2. The molecule has 2 aliphatic heterocycles. The molecule has 144 valence electrons. The van der Waals surface area contributed by atoms with Gasteiger partial charge in [0, 0.05) is 38.1 Å². The zero-order valence-electron chi connectivity index (χ0n) is 15.7. The number of nitrogens with zero attached hydrogens (tertiary/aromatic N) is 2. The third-order valence-corrected chi connectivity index (χ3v) is 5.39. The van der Waals surface area contributed by atoms with Gasteiger partial charge in [-0.25, -0.2) is 0 Å². The average Bonchev–Trinajstić information content (AvgIpc) is 2.63. The Balaban J connectivity index is 0.00000243. The predicted octanol–water partition coefficient (Wildman–Crippen LogP) is 2.02. The number of halogens is 1. The number of carbonyl (C=O) groups excluding carboxylic acids is 2. The number of nitrogens with one attached hydrogen (secondary N) is 1. The molecule has 2 aliphatic rings. The summed E-state index contributed by atoms with van der Waals surface area (Å²) in [5, 5.41) is 3.39. The Bertz CT molecular complexity index is 612. The molecule has 0 spiro atoms. The highest BCUT2D eigenvalue weighted by molar-refractivity contribution is 5.85. The van der Waals surface area contributed by atoms with Gasteiger partial charge in [0.1, 0.15) is 0 Å². The molecule has 3 rings (SSSR count). The van der Waals surface area contributed by atoms with Crippen molar-refractivity contribution in [2.75, 3.05) is 32.7 Å². The molecule has 0 radical (unpaired) electrons. The van der Waals surface area contributed by atoms with Crippen LogP contribution in [-0.4, -0.2) is 60.4 Å². The van der Waals surface area contributed by atoms with Crippen molar-refractivity contribution in [1.29, 1.82) is 0 Å². The number of piperazine rings is 1. The van der Waals surface area contributed by atoms with Crippen LogP contribution in [0.2, 0.25) is 0 Å². The zero-order valence-corrected chi connectivity index (χ0v) is 16.6. The van der Waals surface area contributed by atoms with Gasteiger partial charge in [-0.15, -0.1) is 12.4 Å². The van der Waals surface area contributed by atoms with E-state index in [0.717, 1.165) is 24.9 Å². The molecule has 2 heterocycles. The second-order valence-corrected chi connectivity index (χ2v) is 7.44. The fourth-order valence-corrected chi connectivity index (χ4v) is 3.78. The molecule has 1 N–H and O–H groups in total. The van der Waals surface area contributed by atoms with Gasteiger partial charge < -0.3 is 15.1 Å². The quantitative estimate of drug-likeness (QED) is 0.874. The molecule has 5 nitrogen and oxygen atoms in total. The Morgan fingerprint density at radius 1 is 1.08 bits per heavy atom. The summed E-state index contributed by atoms with van der Waals surface area (Å²) in [7, 11) is 0. The molecule has 0 aliphatic carbocycles. The summed E-state index contributed by atoms with van der Waals surface area (Å²) in [4.78, 5) is 29.0. The molecule has 2 saturated heterocycles. The Morgan fingerprint density at radius 3 is 2.31 bits per heavy atom. The van der Waals surface area contributed by atoms with Crippen molar-refractivity contribution >= 4 is 24.2 Å². The van der Waals surface area contributed by atoms with Crippen molar-refractivity contribution in [2.24, 2.45) is 5.92 Å². The van der Waals surface area contributed by atoms with E-state index in [-0.39, 0.29) is 30.1 Å². The highest BCUT2D eigenvalue weighted by Gasteiger charge is 2.31. The maximum Gasteiger partial charge on any atom is 0.227 e. The van der Waals surface area contributed by atoms with Gasteiger partial charge >= 0.3 is 0 Å². The summed E-state index contributed by atoms with van der Waals surface area (Å²) in [5.41, 5.74) is 2.26. The van der Waals surface area contributed by atoms with Crippen molar-refractivity contribution < 1.29 is 9.59 Å². The predicted molar refractivity (Wildman–Crippen MR) is 105 cm³/mol. The van der Waals surface area contributed by atoms with Gasteiger partial charge in [-0.3, -0.25) is 9.59 Å². The van der Waals surface area contributed by atoms with Crippen LogP contribution in [-0.2, 0) is 16.0 Å². The minimum atomic E-state index is 0. The van der Waals surface area contributed by atoms with Crippen molar-refractivity contribution in [3.05, 3.63) is 35.4 Å². The SMILES string of the molecule is Cc1ccc(CC(=O)N2CCN(C(=O)[C@H]3CCN[C@@H](C)C3)CC2)cc1.Cl. The molecule has 0 unspecified atom stereocenters. The first kappa shape index (κ1) is 20.7. The lowest BCUT2D eigenvalue weighted by atomic mass is 9.92. The van der Waals surface area contributed by atoms with Crippen LogP contribution in [0.1, 0.15) is 30.9 Å². The van der Waals surface area contributed by atoms with Gasteiger partial charge in [0.25, 0.3) is 0 Å². The fraction of sp³-hybridized carbons (Fsp3) is 0.600. The van der Waals surface area contributed by atoms with E-state index < -0.39 is 0 Å². The average molecular weight is 380 g/mol. The molecule has 0 saturated carbocycles. The van der Waals surface area contributed by atoms with Gasteiger partial charge in [-0.1, -0.05) is 29.8 Å². The third kappa shape index (κ3) is 5.21. The van der Waals surface area contributed by atoms with Crippen LogP contribution in [0.3, 0.4) is 0 Å². The minimum absolute atomic E-state index is 0. The summed E-state index contributed by atoms with van der Waals surface area (Å²) in [6.07, 6.45) is 2.29. The zero-order chi connectivity index (χ0) is 17.8. The van der Waals surface area contributed by atoms with Crippen LogP contribution in [0.15, 0.2) is 24.3 Å². The monoisotopic (exact) mass is 379 g/mol. The van der Waals surface area contributed by atoms with Gasteiger partial charge in [-0.05, 0) is 38.8 Å². The molecule has 0 bridgehead atoms. The second kappa shape index (κ2) is 9.38. The van der Waals surface area contributed by atoms with Crippen molar-refractivity contribution in [3.8, 4) is 0 Å². The van der Waals surface area contributed by atoms with E-state index in [1.54, 1.807) is 0 Å². The molecular weight excluding hydrogens is 350 g/mol. The van der Waals surface area contributed by atoms with Crippen LogP contribution in [0.5, 0.6) is 0 Å². The topological polar surface area (TPSA) is 52.7 Å². The molecule has 1 aromatic carbocycles. The highest BCUT2D eigenvalue weighted by Crippen LogP contribution is 2.20. The number of hydrogen-bond acceptors (Lipinski definition) is 3. The number of amides is 2. The van der Waals surface area contributed by atoms with E-state index in [1.807, 2.05) is 41.0 Å². The first-order valence-electron chi connectivity index (χ1n) is 9.38. The van der Waals surface area contributed by atoms with Crippen LogP contribution in [0, 0.1) is 12.8 Å². The Morgan fingerprint density at radius 2 is 1.69 bits per heavy atom. The summed E-state index contributed by atoms with van der Waals surface area (Å²) in [6, 6.07) is 8.54. The first-order valence-corrected chi connectivity index (χ1v) is 9.38. The maximum absolute atomic E-state index is 12.7. The largest absolute Gasteiger partial charge is 0.339 e. The highest BCUT2D eigenvalue weighted by atomic mass is 35.5. The normalized spacial score (nSPS) is 23.3. The van der Waals surface area contributed by atoms with Crippen LogP contribution >= 0.6 is 12.4 Å². The van der Waals surface area contributed by atoms with Crippen LogP contribution in [0.25, 0.3) is 0 Å². The molecule has 6 heteroatoms. The Labute approximate surface area is 162 Å². The number of rotatable bonds is 3. The van der Waals surface area contributed by atoms with Gasteiger partial charge in [0.2, 0.25) is 11.8 Å². The summed E-state index contributed by atoms with van der Waals surface area (Å²) in [5.74, 6) is 0.580. The molecule has 0 aromatic heterocycles. The second-order valence-electron chi connectivity index (χ2n) is 7.44. The lowest BCUT2D eigenvalue weighted by Gasteiger charge is -2.38. The number of piperidine rings is 1. The summed E-state index contributed by atoms with van der Waals surface area (Å²) >= 11 is 0. The number of benzene rings is 1. The van der Waals surface area contributed by atoms with Gasteiger partial charge in [0.05, 0.1) is 6.42 Å². The van der Waals surface area contributed by atoms with E-state index in [1.165, 1.54) is 5.56 Å². The molecule has 2 fully saturated rings. The lowest BCUT2D eigenvalue weighted by molar-refractivity contribution is -0.142. The van der Waals surface area contributed by atoms with E-state index in [2.05, 4.69) is 12.2 Å². The summed E-state index contributed by atoms with van der Waals surface area (Å²) < 4.78 is 0. The first-order chi connectivity index (χ1) is 12.0. The standard InChI is InChI=1S/C20H29N3O2.ClH/c1-15-3-5-17(6-4-15)14-19(24)22-9-11-23(12-10-22)20(25)18-7-8-21-16(2)13-18;/h3-6,16,18,21H,7-14H2,1-2H3;1H/t16-,18-;/m0./s1. The van der Waals surface area contributed by atoms with Gasteiger partial charge in [0.15, 0.2) is 0 Å². The Kier molecular flexibility index (Phi) is 7.47. The summed E-state index contributed by atoms with van der Waals surface area (Å²) in [6.45, 7) is 7.74. The number of aryl methyl sites for hydroxylation is 1. The maximum atomic E-state index is 12.7. The van der Waals surface area contributed by atoms with Crippen LogP contribution in [0.4, 0.5) is 0 Å². The molecule has 2 atom stereocenters. The Hall–Kier alpha value is -1.59. The molecular formula is C20H30ClN3O2. The van der Waals surface area contributed by atoms with Crippen LogP contribution < -0.4 is 5.32 Å². The number of hydrogen-bond donors (Lipinski definition) is 1. The van der Waals surface area contributed by atoms with Crippen molar-refractivity contribution in [2.45, 2.75) is 39.2 Å². The van der Waals surface area contributed by atoms with E-state index >= 15 is 0 Å². The van der Waals surface area contributed by atoms with E-state index in [4.69, 9.17) is 0 Å². The molecule has 26 heavy (non-hydrogen) atoms. The van der Waals surface area contributed by atoms with E-state index in [9.17, 15) is 9.59 Å². The van der Waals surface area contributed by atoms with Crippen molar-refractivity contribution in [3.63, 3.8) is 0 Å². The van der Waals surface area contributed by atoms with Crippen molar-refractivity contribution in [1.82, 2.24) is 15.1 Å².